The van der Waals surface area contributed by atoms with Gasteiger partial charge >= 0.3 is 5.69 Å². The van der Waals surface area contributed by atoms with Gasteiger partial charge in [-0.3, -0.25) is 10.1 Å². The lowest BCUT2D eigenvalue weighted by molar-refractivity contribution is -0.384. The van der Waals surface area contributed by atoms with Gasteiger partial charge in [-0.05, 0) is 32.5 Å². The number of nitrogens with one attached hydrogen (secondary N) is 1. The maximum atomic E-state index is 10.9. The van der Waals surface area contributed by atoms with Gasteiger partial charge in [-0.1, -0.05) is 11.6 Å². The Morgan fingerprint density at radius 2 is 2.44 bits per heavy atom. The van der Waals surface area contributed by atoms with Gasteiger partial charge < -0.3 is 10.2 Å². The third-order valence-corrected chi connectivity index (χ3v) is 3.42. The van der Waals surface area contributed by atoms with Gasteiger partial charge in [0.1, 0.15) is 5.15 Å². The van der Waals surface area contributed by atoms with Crippen LogP contribution in [0.1, 0.15) is 12.8 Å². The number of halogens is 1. The van der Waals surface area contributed by atoms with Crippen molar-refractivity contribution < 1.29 is 4.92 Å². The Bertz CT molecular complexity index is 455. The van der Waals surface area contributed by atoms with E-state index in [1.165, 1.54) is 12.1 Å². The van der Waals surface area contributed by atoms with Crippen molar-refractivity contribution in [3.63, 3.8) is 0 Å². The minimum Gasteiger partial charge on any atom is -0.363 e. The van der Waals surface area contributed by atoms with Crippen molar-refractivity contribution in [3.05, 3.63) is 27.4 Å². The second-order valence-electron chi connectivity index (χ2n) is 4.42. The highest BCUT2D eigenvalue weighted by atomic mass is 35.5. The first-order valence-corrected chi connectivity index (χ1v) is 6.21. The molecule has 1 fully saturated rings. The minimum absolute atomic E-state index is 0.0416. The number of likely N-dealkylation sites (tertiary alicyclic amines) is 1. The Morgan fingerprint density at radius 3 is 3.06 bits per heavy atom. The van der Waals surface area contributed by atoms with Crippen LogP contribution in [0.25, 0.3) is 0 Å². The maximum absolute atomic E-state index is 10.9. The van der Waals surface area contributed by atoms with Gasteiger partial charge in [0, 0.05) is 18.7 Å². The molecule has 1 aliphatic rings. The molecule has 1 unspecified atom stereocenters. The minimum atomic E-state index is -0.454. The molecule has 18 heavy (non-hydrogen) atoms. The number of hydrogen-bond donors (Lipinski definition) is 1. The highest BCUT2D eigenvalue weighted by Gasteiger charge is 2.22. The fraction of sp³-hybridized carbons (Fsp3) is 0.545. The summed E-state index contributed by atoms with van der Waals surface area (Å²) in [4.78, 5) is 16.6. The van der Waals surface area contributed by atoms with Gasteiger partial charge in [-0.25, -0.2) is 4.98 Å². The molecule has 0 aliphatic carbocycles. The van der Waals surface area contributed by atoms with E-state index in [9.17, 15) is 10.1 Å². The van der Waals surface area contributed by atoms with Crippen LogP contribution in [-0.4, -0.2) is 41.0 Å². The largest absolute Gasteiger partial charge is 0.363 e. The zero-order chi connectivity index (χ0) is 13.1. The molecule has 6 nitrogen and oxygen atoms in total. The summed E-state index contributed by atoms with van der Waals surface area (Å²) in [6.45, 7) is 1.71. The maximum Gasteiger partial charge on any atom is 0.311 e. The van der Waals surface area contributed by atoms with Crippen molar-refractivity contribution in [2.45, 2.75) is 18.9 Å². The molecule has 1 aromatic rings. The van der Waals surface area contributed by atoms with Crippen LogP contribution in [0.2, 0.25) is 5.15 Å². The van der Waals surface area contributed by atoms with Crippen molar-refractivity contribution in [2.24, 2.45) is 0 Å². The van der Waals surface area contributed by atoms with Crippen LogP contribution in [0.4, 0.5) is 11.5 Å². The molecule has 0 aromatic carbocycles. The smallest absolute Gasteiger partial charge is 0.311 e. The molecule has 1 aromatic heterocycles. The molecule has 1 atom stereocenters. The van der Waals surface area contributed by atoms with Crippen molar-refractivity contribution in [1.82, 2.24) is 9.88 Å². The van der Waals surface area contributed by atoms with Crippen LogP contribution >= 0.6 is 11.6 Å². The van der Waals surface area contributed by atoms with E-state index in [2.05, 4.69) is 22.2 Å². The average molecular weight is 271 g/mol. The second-order valence-corrected chi connectivity index (χ2v) is 4.80. The molecule has 98 valence electrons. The van der Waals surface area contributed by atoms with Crippen molar-refractivity contribution in [2.75, 3.05) is 25.5 Å². The molecule has 0 saturated carbocycles. The Balaban J connectivity index is 2.08. The molecule has 0 radical (unpaired) electrons. The highest BCUT2D eigenvalue weighted by molar-refractivity contribution is 6.29. The summed E-state index contributed by atoms with van der Waals surface area (Å²) in [6, 6.07) is 3.19. The highest BCUT2D eigenvalue weighted by Crippen LogP contribution is 2.24. The topological polar surface area (TPSA) is 71.3 Å². The normalized spacial score (nSPS) is 20.0. The summed E-state index contributed by atoms with van der Waals surface area (Å²) in [5, 5.41) is 14.1. The molecular weight excluding hydrogens is 256 g/mol. The molecule has 0 amide bonds. The van der Waals surface area contributed by atoms with E-state index in [-0.39, 0.29) is 16.7 Å². The molecule has 1 saturated heterocycles. The van der Waals surface area contributed by atoms with Gasteiger partial charge in [-0.15, -0.1) is 0 Å². The lowest BCUT2D eigenvalue weighted by Gasteiger charge is -2.19. The van der Waals surface area contributed by atoms with Gasteiger partial charge in [-0.2, -0.15) is 0 Å². The first kappa shape index (κ1) is 13.0. The van der Waals surface area contributed by atoms with E-state index in [1.807, 2.05) is 0 Å². The summed E-state index contributed by atoms with van der Waals surface area (Å²) in [7, 11) is 2.05. The molecule has 2 heterocycles. The zero-order valence-corrected chi connectivity index (χ0v) is 10.9. The van der Waals surface area contributed by atoms with E-state index >= 15 is 0 Å². The number of rotatable bonds is 4. The molecule has 0 spiro atoms. The third kappa shape index (κ3) is 2.88. The molecule has 1 aliphatic heterocycles. The lowest BCUT2D eigenvalue weighted by Crippen LogP contribution is -2.31. The average Bonchev–Trinajstić information content (AvgIpc) is 2.72. The van der Waals surface area contributed by atoms with Crippen molar-refractivity contribution in [3.8, 4) is 0 Å². The van der Waals surface area contributed by atoms with Crippen LogP contribution < -0.4 is 5.32 Å². The van der Waals surface area contributed by atoms with Gasteiger partial charge in [0.25, 0.3) is 0 Å². The summed E-state index contributed by atoms with van der Waals surface area (Å²) in [5.74, 6) is 0.243. The number of hydrogen-bond acceptors (Lipinski definition) is 5. The summed E-state index contributed by atoms with van der Waals surface area (Å²) < 4.78 is 0. The Morgan fingerprint density at radius 1 is 1.67 bits per heavy atom. The Kier molecular flexibility index (Phi) is 3.98. The Labute approximate surface area is 110 Å². The van der Waals surface area contributed by atoms with E-state index in [1.54, 1.807) is 0 Å². The number of anilines is 1. The van der Waals surface area contributed by atoms with E-state index in [0.29, 0.717) is 12.6 Å². The number of aromatic nitrogens is 1. The van der Waals surface area contributed by atoms with Gasteiger partial charge in [0.15, 0.2) is 0 Å². The number of pyridine rings is 1. The molecular formula is C11H15ClN4O2. The molecule has 1 N–H and O–H groups in total. The quantitative estimate of drug-likeness (QED) is 0.516. The Hall–Kier alpha value is -1.40. The molecule has 0 bridgehead atoms. The van der Waals surface area contributed by atoms with Crippen molar-refractivity contribution in [1.29, 1.82) is 0 Å². The van der Waals surface area contributed by atoms with Crippen molar-refractivity contribution >= 4 is 23.1 Å². The SMILES string of the molecule is CN1CCCC1CNc1nc(Cl)ccc1[N+](=O)[O-]. The van der Waals surface area contributed by atoms with Crippen LogP contribution in [-0.2, 0) is 0 Å². The standard InChI is InChI=1S/C11H15ClN4O2/c1-15-6-2-3-8(15)7-13-11-9(16(17)18)4-5-10(12)14-11/h4-5,8H,2-3,6-7H2,1H3,(H,13,14). The van der Waals surface area contributed by atoms with E-state index in [4.69, 9.17) is 11.6 Å². The second kappa shape index (κ2) is 5.49. The molecule has 7 heteroatoms. The lowest BCUT2D eigenvalue weighted by atomic mass is 10.2. The number of nitro groups is 1. The molecule has 2 rings (SSSR count). The van der Waals surface area contributed by atoms with E-state index in [0.717, 1.165) is 19.4 Å². The van der Waals surface area contributed by atoms with Crippen LogP contribution in [0.3, 0.4) is 0 Å². The van der Waals surface area contributed by atoms with E-state index < -0.39 is 4.92 Å². The summed E-state index contributed by atoms with van der Waals surface area (Å²) >= 11 is 5.76. The van der Waals surface area contributed by atoms with Crippen LogP contribution in [0.15, 0.2) is 12.1 Å². The fourth-order valence-electron chi connectivity index (χ4n) is 2.16. The first-order valence-electron chi connectivity index (χ1n) is 5.83. The van der Waals surface area contributed by atoms with Gasteiger partial charge in [0.05, 0.1) is 4.92 Å². The monoisotopic (exact) mass is 270 g/mol. The first-order chi connectivity index (χ1) is 8.58. The third-order valence-electron chi connectivity index (χ3n) is 3.21. The summed E-state index contributed by atoms with van der Waals surface area (Å²) in [6.07, 6.45) is 2.26. The van der Waals surface area contributed by atoms with Gasteiger partial charge in [0.2, 0.25) is 5.82 Å². The predicted molar refractivity (Wildman–Crippen MR) is 70.0 cm³/mol. The zero-order valence-electron chi connectivity index (χ0n) is 10.1. The summed E-state index contributed by atoms with van der Waals surface area (Å²) in [5.41, 5.74) is -0.0416. The van der Waals surface area contributed by atoms with Crippen LogP contribution in [0.5, 0.6) is 0 Å². The van der Waals surface area contributed by atoms with Crippen LogP contribution in [0, 0.1) is 10.1 Å². The number of nitrogens with zero attached hydrogens (tertiary/aromatic N) is 3. The predicted octanol–water partition coefficient (Wildman–Crippen LogP) is 2.15. The number of likely N-dealkylation sites (N-methyl/N-ethyl adjacent to an activating group) is 1. The fourth-order valence-corrected chi connectivity index (χ4v) is 2.30.